The van der Waals surface area contributed by atoms with Crippen LogP contribution in [-0.4, -0.2) is 55.3 Å². The van der Waals surface area contributed by atoms with Crippen LogP contribution in [0.5, 0.6) is 17.2 Å². The van der Waals surface area contributed by atoms with Gasteiger partial charge in [-0.25, -0.2) is 4.79 Å². The highest BCUT2D eigenvalue weighted by Gasteiger charge is 2.21. The maximum Gasteiger partial charge on any atom is 0.338 e. The minimum Gasteiger partial charge on any atom is -0.490 e. The lowest BCUT2D eigenvalue weighted by Crippen LogP contribution is -2.22. The lowest BCUT2D eigenvalue weighted by Gasteiger charge is -2.19. The van der Waals surface area contributed by atoms with Crippen LogP contribution in [0.4, 0.5) is 0 Å². The number of carbonyl (C=O) groups is 1. The molecule has 0 saturated heterocycles. The van der Waals surface area contributed by atoms with Gasteiger partial charge in [0.15, 0.2) is 11.5 Å². The van der Waals surface area contributed by atoms with Crippen molar-refractivity contribution in [1.82, 2.24) is 0 Å². The van der Waals surface area contributed by atoms with Gasteiger partial charge in [0.05, 0.1) is 32.0 Å². The van der Waals surface area contributed by atoms with Crippen LogP contribution in [0.3, 0.4) is 0 Å². The minimum absolute atomic E-state index is 0.256. The molecule has 0 aromatic heterocycles. The molecule has 0 radical (unpaired) electrons. The molecule has 1 atom stereocenters. The monoisotopic (exact) mass is 737 g/mol. The molecule has 1 aromatic carbocycles. The Morgan fingerprint density at radius 1 is 0.566 bits per heavy atom. The Kier molecular flexibility index (Phi) is 31.8. The molecule has 1 rings (SSSR count). The molecule has 1 aromatic rings. The second-order valence-corrected chi connectivity index (χ2v) is 13.5. The summed E-state index contributed by atoms with van der Waals surface area (Å²) in [4.78, 5) is 13.1. The highest BCUT2D eigenvalue weighted by atomic mass is 16.6. The van der Waals surface area contributed by atoms with Crippen molar-refractivity contribution in [3.05, 3.63) is 92.1 Å². The normalized spacial score (nSPS) is 12.0. The van der Waals surface area contributed by atoms with Gasteiger partial charge in [-0.1, -0.05) is 151 Å². The van der Waals surface area contributed by atoms with E-state index >= 15 is 0 Å². The van der Waals surface area contributed by atoms with E-state index in [1.165, 1.54) is 57.8 Å². The van der Waals surface area contributed by atoms with E-state index < -0.39 is 18.7 Å². The second kappa shape index (κ2) is 35.5. The van der Waals surface area contributed by atoms with Crippen molar-refractivity contribution in [1.29, 1.82) is 0 Å². The van der Waals surface area contributed by atoms with Crippen molar-refractivity contribution in [2.75, 3.05) is 33.0 Å². The van der Waals surface area contributed by atoms with Gasteiger partial charge in [0.2, 0.25) is 5.75 Å². The molecular weight excluding hydrogens is 664 g/mol. The van der Waals surface area contributed by atoms with Gasteiger partial charge in [0.25, 0.3) is 0 Å². The standard InChI is InChI=1S/C46H72O7/c1-4-7-10-13-16-19-22-25-28-31-34-50-43-37-41(46(49)53-40-42(48)39-47)38-44(51-35-32-29-26-23-20-17-14-11-8-5-2)45(43)52-36-33-30-27-24-21-18-15-12-9-6-3/h4-12,37-38,42,47-48H,1-3,13-36,39-40H2/b10-7+,11-8+,12-9+. The molecule has 53 heavy (non-hydrogen) atoms. The molecule has 0 aliphatic heterocycles. The minimum atomic E-state index is -1.14. The Hall–Kier alpha value is -3.55. The van der Waals surface area contributed by atoms with E-state index in [1.54, 1.807) is 12.1 Å². The quantitative estimate of drug-likeness (QED) is 0.0399. The number of aliphatic hydroxyl groups is 2. The summed E-state index contributed by atoms with van der Waals surface area (Å²) in [6.07, 6.45) is 40.1. The van der Waals surface area contributed by atoms with Crippen LogP contribution in [0, 0.1) is 0 Å². The molecule has 0 bridgehead atoms. The first-order chi connectivity index (χ1) is 26.1. The number of carbonyl (C=O) groups excluding carboxylic acids is 1. The molecule has 0 spiro atoms. The first-order valence-corrected chi connectivity index (χ1v) is 20.4. The van der Waals surface area contributed by atoms with Gasteiger partial charge >= 0.3 is 5.97 Å². The van der Waals surface area contributed by atoms with Gasteiger partial charge < -0.3 is 29.2 Å². The van der Waals surface area contributed by atoms with E-state index in [1.807, 2.05) is 36.5 Å². The van der Waals surface area contributed by atoms with Crippen molar-refractivity contribution in [3.8, 4) is 17.2 Å². The molecule has 2 N–H and O–H groups in total. The SMILES string of the molecule is C=C/C=C/CCCCCCCCOc1cc(C(=O)OCC(O)CO)cc(OCCCCCCCC/C=C/C=C)c1OCCCCCCCC/C=C/C=C. The van der Waals surface area contributed by atoms with Gasteiger partial charge in [-0.05, 0) is 69.9 Å². The number of esters is 1. The Morgan fingerprint density at radius 3 is 1.30 bits per heavy atom. The van der Waals surface area contributed by atoms with E-state index in [0.29, 0.717) is 37.1 Å². The van der Waals surface area contributed by atoms with E-state index in [9.17, 15) is 15.0 Å². The van der Waals surface area contributed by atoms with Gasteiger partial charge in [-0.2, -0.15) is 0 Å². The summed E-state index contributed by atoms with van der Waals surface area (Å²) >= 11 is 0. The molecule has 0 aliphatic rings. The molecule has 7 heteroatoms. The number of unbranched alkanes of at least 4 members (excludes halogenated alkanes) is 18. The average molecular weight is 737 g/mol. The number of allylic oxidation sites excluding steroid dienone is 9. The van der Waals surface area contributed by atoms with Crippen LogP contribution < -0.4 is 14.2 Å². The summed E-state index contributed by atoms with van der Waals surface area (Å²) in [5, 5.41) is 19.0. The van der Waals surface area contributed by atoms with Crippen LogP contribution in [-0.2, 0) is 4.74 Å². The van der Waals surface area contributed by atoms with Crippen LogP contribution in [0.2, 0.25) is 0 Å². The first kappa shape index (κ1) is 47.5. The number of benzene rings is 1. The predicted molar refractivity (Wildman–Crippen MR) is 221 cm³/mol. The summed E-state index contributed by atoms with van der Waals surface area (Å²) in [6.45, 7) is 11.9. The van der Waals surface area contributed by atoms with Crippen LogP contribution in [0.15, 0.2) is 86.6 Å². The lowest BCUT2D eigenvalue weighted by molar-refractivity contribution is 0.00926. The largest absolute Gasteiger partial charge is 0.490 e. The van der Waals surface area contributed by atoms with Crippen LogP contribution in [0.1, 0.15) is 145 Å². The topological polar surface area (TPSA) is 94.5 Å². The number of aliphatic hydroxyl groups excluding tert-OH is 2. The highest BCUT2D eigenvalue weighted by molar-refractivity contribution is 5.91. The summed E-state index contributed by atoms with van der Waals surface area (Å²) < 4.78 is 24.3. The summed E-state index contributed by atoms with van der Waals surface area (Å²) in [7, 11) is 0. The van der Waals surface area contributed by atoms with E-state index in [2.05, 4.69) is 38.0 Å². The van der Waals surface area contributed by atoms with E-state index in [0.717, 1.165) is 77.0 Å². The molecule has 0 fully saturated rings. The van der Waals surface area contributed by atoms with E-state index in [-0.39, 0.29) is 12.2 Å². The van der Waals surface area contributed by atoms with Crippen LogP contribution in [0.25, 0.3) is 0 Å². The number of ether oxygens (including phenoxy) is 4. The zero-order chi connectivity index (χ0) is 38.5. The van der Waals surface area contributed by atoms with Gasteiger partial charge in [0, 0.05) is 0 Å². The Morgan fingerprint density at radius 2 is 0.925 bits per heavy atom. The van der Waals surface area contributed by atoms with Crippen molar-refractivity contribution < 1.29 is 34.0 Å². The number of rotatable bonds is 37. The first-order valence-electron chi connectivity index (χ1n) is 20.4. The Labute approximate surface area is 322 Å². The predicted octanol–water partition coefficient (Wildman–Crippen LogP) is 11.8. The third-order valence-electron chi connectivity index (χ3n) is 8.75. The Bertz CT molecular complexity index is 1110. The van der Waals surface area contributed by atoms with Crippen molar-refractivity contribution in [2.45, 2.75) is 141 Å². The van der Waals surface area contributed by atoms with E-state index in [4.69, 9.17) is 18.9 Å². The number of hydrogen-bond acceptors (Lipinski definition) is 7. The molecule has 0 amide bonds. The smallest absolute Gasteiger partial charge is 0.338 e. The van der Waals surface area contributed by atoms with Crippen molar-refractivity contribution in [2.24, 2.45) is 0 Å². The van der Waals surface area contributed by atoms with Gasteiger partial charge in [0.1, 0.15) is 12.7 Å². The highest BCUT2D eigenvalue weighted by Crippen LogP contribution is 2.40. The molecule has 1 unspecified atom stereocenters. The molecule has 0 saturated carbocycles. The molecule has 7 nitrogen and oxygen atoms in total. The second-order valence-electron chi connectivity index (χ2n) is 13.5. The molecule has 0 heterocycles. The van der Waals surface area contributed by atoms with Crippen LogP contribution >= 0.6 is 0 Å². The zero-order valence-corrected chi connectivity index (χ0v) is 32.9. The van der Waals surface area contributed by atoms with Crippen molar-refractivity contribution >= 4 is 5.97 Å². The maximum atomic E-state index is 13.1. The fraction of sp³-hybridized carbons (Fsp3) is 0.587. The average Bonchev–Trinajstić information content (AvgIpc) is 3.17. The Balaban J connectivity index is 2.89. The number of hydrogen-bond donors (Lipinski definition) is 2. The zero-order valence-electron chi connectivity index (χ0n) is 32.9. The lowest BCUT2D eigenvalue weighted by atomic mass is 10.1. The fourth-order valence-electron chi connectivity index (χ4n) is 5.69. The molecular formula is C46H72O7. The van der Waals surface area contributed by atoms with Gasteiger partial charge in [-0.3, -0.25) is 0 Å². The maximum absolute atomic E-state index is 13.1. The summed E-state index contributed by atoms with van der Waals surface area (Å²) in [5.41, 5.74) is 0.256. The molecule has 0 aliphatic carbocycles. The summed E-state index contributed by atoms with van der Waals surface area (Å²) in [6, 6.07) is 3.30. The third-order valence-corrected chi connectivity index (χ3v) is 8.75. The molecule has 298 valence electrons. The summed E-state index contributed by atoms with van der Waals surface area (Å²) in [5.74, 6) is 0.823. The third kappa shape index (κ3) is 26.8. The van der Waals surface area contributed by atoms with Crippen molar-refractivity contribution in [3.63, 3.8) is 0 Å². The fourth-order valence-corrected chi connectivity index (χ4v) is 5.69. The van der Waals surface area contributed by atoms with Gasteiger partial charge in [-0.15, -0.1) is 0 Å².